The number of amides is 1. The Balaban J connectivity index is 1.76. The van der Waals surface area contributed by atoms with Crippen molar-refractivity contribution in [1.82, 2.24) is 5.01 Å². The molecule has 0 saturated heterocycles. The summed E-state index contributed by atoms with van der Waals surface area (Å²) in [5.74, 6) is 0.0208. The highest BCUT2D eigenvalue weighted by Crippen LogP contribution is 2.45. The maximum Gasteiger partial charge on any atom is 0.242 e. The van der Waals surface area contributed by atoms with Crippen LogP contribution in [0.5, 0.6) is 0 Å². The number of hydrogen-bond acceptors (Lipinski definition) is 4. The second kappa shape index (κ2) is 7.22. The van der Waals surface area contributed by atoms with Crippen molar-refractivity contribution in [3.05, 3.63) is 69.2 Å². The standard InChI is InChI=1S/C22H22ClN3OS/c1-5-20(27)26-18(15-8-6-12(2)7-9-15)11-17(25-26)21-13(3)16-10-19(23)28-22(16)24-14(21)4/h6-10,18,24H,4-5,11H2,1-3H3. The van der Waals surface area contributed by atoms with E-state index in [1.54, 1.807) is 5.01 Å². The van der Waals surface area contributed by atoms with Crippen LogP contribution < -0.4 is 5.32 Å². The molecule has 0 aliphatic carbocycles. The molecule has 28 heavy (non-hydrogen) atoms. The largest absolute Gasteiger partial charge is 0.347 e. The van der Waals surface area contributed by atoms with E-state index in [9.17, 15) is 4.79 Å². The molecule has 0 radical (unpaired) electrons. The Bertz CT molecular complexity index is 1030. The molecule has 144 valence electrons. The Morgan fingerprint density at radius 1 is 1.36 bits per heavy atom. The van der Waals surface area contributed by atoms with Gasteiger partial charge in [-0.2, -0.15) is 5.10 Å². The highest BCUT2D eigenvalue weighted by molar-refractivity contribution is 7.20. The van der Waals surface area contributed by atoms with E-state index in [0.29, 0.717) is 12.8 Å². The zero-order valence-corrected chi connectivity index (χ0v) is 17.7. The van der Waals surface area contributed by atoms with Crippen LogP contribution >= 0.6 is 22.9 Å². The molecule has 2 aliphatic rings. The van der Waals surface area contributed by atoms with Gasteiger partial charge < -0.3 is 5.32 Å². The van der Waals surface area contributed by atoms with Gasteiger partial charge in [-0.05, 0) is 31.1 Å². The molecule has 0 bridgehead atoms. The Morgan fingerprint density at radius 2 is 2.07 bits per heavy atom. The topological polar surface area (TPSA) is 44.7 Å². The van der Waals surface area contributed by atoms with Gasteiger partial charge in [0, 0.05) is 29.7 Å². The van der Waals surface area contributed by atoms with Crippen molar-refractivity contribution in [2.24, 2.45) is 5.10 Å². The van der Waals surface area contributed by atoms with E-state index in [1.807, 2.05) is 13.0 Å². The Kier molecular flexibility index (Phi) is 4.89. The number of carbonyl (C=O) groups is 1. The number of rotatable bonds is 3. The number of thiophene rings is 1. The minimum Gasteiger partial charge on any atom is -0.347 e. The maximum atomic E-state index is 12.6. The van der Waals surface area contributed by atoms with Crippen molar-refractivity contribution in [2.75, 3.05) is 5.32 Å². The number of aryl methyl sites for hydroxylation is 1. The van der Waals surface area contributed by atoms with Crippen LogP contribution in [0, 0.1) is 6.92 Å². The fraction of sp³-hybridized carbons (Fsp3) is 0.273. The van der Waals surface area contributed by atoms with Gasteiger partial charge in [0.2, 0.25) is 5.91 Å². The molecule has 6 heteroatoms. The first-order valence-electron chi connectivity index (χ1n) is 9.32. The monoisotopic (exact) mass is 411 g/mol. The zero-order valence-electron chi connectivity index (χ0n) is 16.2. The number of allylic oxidation sites excluding steroid dienone is 2. The molecule has 4 rings (SSSR count). The van der Waals surface area contributed by atoms with Crippen molar-refractivity contribution in [2.45, 2.75) is 39.7 Å². The summed E-state index contributed by atoms with van der Waals surface area (Å²) in [7, 11) is 0. The second-order valence-electron chi connectivity index (χ2n) is 7.17. The highest BCUT2D eigenvalue weighted by Gasteiger charge is 2.35. The van der Waals surface area contributed by atoms with Crippen molar-refractivity contribution < 1.29 is 4.79 Å². The highest BCUT2D eigenvalue weighted by atomic mass is 35.5. The number of benzene rings is 1. The molecule has 0 fully saturated rings. The zero-order chi connectivity index (χ0) is 20.0. The van der Waals surface area contributed by atoms with Gasteiger partial charge in [0.15, 0.2) is 0 Å². The predicted molar refractivity (Wildman–Crippen MR) is 118 cm³/mol. The van der Waals surface area contributed by atoms with E-state index < -0.39 is 0 Å². The summed E-state index contributed by atoms with van der Waals surface area (Å²) in [5.41, 5.74) is 7.12. The summed E-state index contributed by atoms with van der Waals surface area (Å²) in [6.45, 7) is 10.2. The number of hydrogen-bond donors (Lipinski definition) is 1. The quantitative estimate of drug-likeness (QED) is 0.657. The molecular weight excluding hydrogens is 390 g/mol. The van der Waals surface area contributed by atoms with Gasteiger partial charge in [0.1, 0.15) is 5.00 Å². The minimum absolute atomic E-state index is 0.0208. The molecule has 1 unspecified atom stereocenters. The summed E-state index contributed by atoms with van der Waals surface area (Å²) < 4.78 is 0.736. The van der Waals surface area contributed by atoms with Gasteiger partial charge in [0.05, 0.1) is 16.1 Å². The first-order chi connectivity index (χ1) is 13.4. The molecule has 1 atom stereocenters. The van der Waals surface area contributed by atoms with Gasteiger partial charge >= 0.3 is 0 Å². The lowest BCUT2D eigenvalue weighted by Gasteiger charge is -2.22. The van der Waals surface area contributed by atoms with E-state index >= 15 is 0 Å². The summed E-state index contributed by atoms with van der Waals surface area (Å²) in [6, 6.07) is 10.2. The smallest absolute Gasteiger partial charge is 0.242 e. The van der Waals surface area contributed by atoms with Crippen LogP contribution in [0.2, 0.25) is 4.34 Å². The Labute approximate surface area is 174 Å². The van der Waals surface area contributed by atoms with E-state index in [-0.39, 0.29) is 11.9 Å². The SMILES string of the molecule is C=C1Nc2sc(Cl)cc2C(C)=C1C1=NN(C(=O)CC)C(c2ccc(C)cc2)C1. The van der Waals surface area contributed by atoms with Crippen LogP contribution in [-0.4, -0.2) is 16.6 Å². The number of carbonyl (C=O) groups excluding carboxylic acids is 1. The number of nitrogens with zero attached hydrogens (tertiary/aromatic N) is 2. The van der Waals surface area contributed by atoms with Gasteiger partial charge in [0.25, 0.3) is 0 Å². The van der Waals surface area contributed by atoms with Crippen LogP contribution in [0.15, 0.2) is 53.3 Å². The van der Waals surface area contributed by atoms with Crippen LogP contribution in [0.25, 0.3) is 5.57 Å². The van der Waals surface area contributed by atoms with Gasteiger partial charge in [-0.3, -0.25) is 4.79 Å². The molecular formula is C22H22ClN3OS. The Hall–Kier alpha value is -2.37. The van der Waals surface area contributed by atoms with Gasteiger partial charge in [-0.15, -0.1) is 11.3 Å². The molecule has 0 spiro atoms. The molecule has 4 nitrogen and oxygen atoms in total. The first kappa shape index (κ1) is 19.0. The second-order valence-corrected chi connectivity index (χ2v) is 8.85. The number of fused-ring (bicyclic) bond motifs is 1. The van der Waals surface area contributed by atoms with Crippen molar-refractivity contribution in [3.8, 4) is 0 Å². The molecule has 2 aromatic rings. The lowest BCUT2D eigenvalue weighted by atomic mass is 9.90. The number of nitrogens with one attached hydrogen (secondary N) is 1. The average molecular weight is 412 g/mol. The average Bonchev–Trinajstić information content (AvgIpc) is 3.25. The molecule has 1 aromatic heterocycles. The number of halogens is 1. The van der Waals surface area contributed by atoms with Crippen LogP contribution in [0.3, 0.4) is 0 Å². The van der Waals surface area contributed by atoms with Crippen molar-refractivity contribution >= 4 is 45.1 Å². The third kappa shape index (κ3) is 3.19. The molecule has 2 aliphatic heterocycles. The van der Waals surface area contributed by atoms with Crippen LogP contribution in [-0.2, 0) is 4.79 Å². The maximum absolute atomic E-state index is 12.6. The van der Waals surface area contributed by atoms with Gasteiger partial charge in [-0.25, -0.2) is 5.01 Å². The fourth-order valence-corrected chi connectivity index (χ4v) is 4.99. The number of anilines is 1. The molecule has 3 heterocycles. The Morgan fingerprint density at radius 3 is 2.75 bits per heavy atom. The third-order valence-corrected chi connectivity index (χ3v) is 6.45. The van der Waals surface area contributed by atoms with Gasteiger partial charge in [-0.1, -0.05) is 54.9 Å². The summed E-state index contributed by atoms with van der Waals surface area (Å²) in [4.78, 5) is 12.6. The molecule has 1 amide bonds. The normalized spacial score (nSPS) is 18.9. The van der Waals surface area contributed by atoms with Crippen LogP contribution in [0.4, 0.5) is 5.00 Å². The van der Waals surface area contributed by atoms with Crippen molar-refractivity contribution in [3.63, 3.8) is 0 Å². The summed E-state index contributed by atoms with van der Waals surface area (Å²) in [6.07, 6.45) is 1.08. The summed E-state index contributed by atoms with van der Waals surface area (Å²) >= 11 is 7.72. The minimum atomic E-state index is -0.0939. The molecule has 0 saturated carbocycles. The van der Waals surface area contributed by atoms with E-state index in [0.717, 1.165) is 43.0 Å². The van der Waals surface area contributed by atoms with E-state index in [1.165, 1.54) is 16.9 Å². The fourth-order valence-electron chi connectivity index (χ4n) is 3.78. The third-order valence-electron chi connectivity index (χ3n) is 5.27. The summed E-state index contributed by atoms with van der Waals surface area (Å²) in [5, 5.41) is 10.8. The van der Waals surface area contributed by atoms with Crippen molar-refractivity contribution in [1.29, 1.82) is 0 Å². The molecule has 1 aromatic carbocycles. The predicted octanol–water partition coefficient (Wildman–Crippen LogP) is 6.16. The lowest BCUT2D eigenvalue weighted by molar-refractivity contribution is -0.132. The van der Waals surface area contributed by atoms with E-state index in [4.69, 9.17) is 16.7 Å². The lowest BCUT2D eigenvalue weighted by Crippen LogP contribution is -2.26. The van der Waals surface area contributed by atoms with E-state index in [2.05, 4.69) is 50.0 Å². The first-order valence-corrected chi connectivity index (χ1v) is 10.5. The van der Waals surface area contributed by atoms with Crippen LogP contribution in [0.1, 0.15) is 49.4 Å². The molecule has 1 N–H and O–H groups in total. The number of hydrazone groups is 1.